The highest BCUT2D eigenvalue weighted by atomic mass is 32.1. The van der Waals surface area contributed by atoms with Crippen LogP contribution >= 0.6 is 11.3 Å². The molecule has 2 N–H and O–H groups in total. The first-order chi connectivity index (χ1) is 9.85. The van der Waals surface area contributed by atoms with E-state index in [0.717, 1.165) is 25.9 Å². The maximum atomic E-state index is 4.79. The quantitative estimate of drug-likeness (QED) is 0.846. The number of fused-ring (bicyclic) bond motifs is 1. The molecule has 4 nitrogen and oxygen atoms in total. The topological polar surface area (TPSA) is 49.3 Å². The zero-order valence-corrected chi connectivity index (χ0v) is 11.9. The number of aromatic nitrogens is 1. The number of rotatable bonds is 1. The Kier molecular flexibility index (Phi) is 2.82. The van der Waals surface area contributed by atoms with Crippen molar-refractivity contribution in [3.8, 4) is 10.4 Å². The Hall–Kier alpha value is -1.72. The predicted molar refractivity (Wildman–Crippen MR) is 83.6 cm³/mol. The van der Waals surface area contributed by atoms with E-state index in [0.29, 0.717) is 0 Å². The maximum absolute atomic E-state index is 4.79. The molecule has 20 heavy (non-hydrogen) atoms. The fourth-order valence-corrected chi connectivity index (χ4v) is 3.81. The van der Waals surface area contributed by atoms with Gasteiger partial charge < -0.3 is 10.6 Å². The van der Waals surface area contributed by atoms with Crippen molar-refractivity contribution < 1.29 is 0 Å². The predicted octanol–water partition coefficient (Wildman–Crippen LogP) is 2.73. The second kappa shape index (κ2) is 4.68. The fraction of sp³-hybridized carbons (Fsp3) is 0.333. The summed E-state index contributed by atoms with van der Waals surface area (Å²) in [7, 11) is 0. The number of piperidine rings is 1. The molecule has 0 amide bonds. The molecule has 0 bridgehead atoms. The number of anilines is 1. The van der Waals surface area contributed by atoms with Gasteiger partial charge in [0.1, 0.15) is 5.66 Å². The van der Waals surface area contributed by atoms with Crippen LogP contribution < -0.4 is 10.6 Å². The molecule has 0 radical (unpaired) electrons. The van der Waals surface area contributed by atoms with Gasteiger partial charge in [-0.3, -0.25) is 9.98 Å². The number of pyridine rings is 1. The summed E-state index contributed by atoms with van der Waals surface area (Å²) in [5.41, 5.74) is 2.35. The molecule has 1 spiro atoms. The zero-order chi connectivity index (χ0) is 13.4. The number of hydrogen-bond donors (Lipinski definition) is 2. The van der Waals surface area contributed by atoms with E-state index in [1.165, 1.54) is 21.0 Å². The van der Waals surface area contributed by atoms with Crippen LogP contribution in [0.3, 0.4) is 0 Å². The van der Waals surface area contributed by atoms with E-state index in [9.17, 15) is 0 Å². The molecule has 2 aliphatic heterocycles. The molecule has 1 saturated heterocycles. The summed E-state index contributed by atoms with van der Waals surface area (Å²) in [5.74, 6) is 0. The van der Waals surface area contributed by atoms with Gasteiger partial charge in [-0.1, -0.05) is 0 Å². The van der Waals surface area contributed by atoms with Crippen molar-refractivity contribution in [3.05, 3.63) is 35.5 Å². The highest BCUT2D eigenvalue weighted by molar-refractivity contribution is 7.17. The Morgan fingerprint density at radius 2 is 1.95 bits per heavy atom. The molecule has 0 unspecified atom stereocenters. The monoisotopic (exact) mass is 284 g/mol. The van der Waals surface area contributed by atoms with Gasteiger partial charge in [-0.2, -0.15) is 0 Å². The van der Waals surface area contributed by atoms with Crippen LogP contribution in [0.1, 0.15) is 17.7 Å². The summed E-state index contributed by atoms with van der Waals surface area (Å²) in [6.07, 6.45) is 7.81. The number of nitrogens with zero attached hydrogens (tertiary/aromatic N) is 2. The summed E-state index contributed by atoms with van der Waals surface area (Å²) in [6.45, 7) is 2.06. The molecule has 0 aromatic carbocycles. The average Bonchev–Trinajstić information content (AvgIpc) is 2.92. The first-order valence-corrected chi connectivity index (χ1v) is 7.75. The molecule has 0 atom stereocenters. The van der Waals surface area contributed by atoms with E-state index in [1.807, 2.05) is 18.6 Å². The van der Waals surface area contributed by atoms with Crippen LogP contribution in [0.2, 0.25) is 0 Å². The van der Waals surface area contributed by atoms with E-state index in [4.69, 9.17) is 4.99 Å². The number of nitrogens with one attached hydrogen (secondary N) is 2. The molecule has 5 heteroatoms. The van der Waals surface area contributed by atoms with Gasteiger partial charge in [0, 0.05) is 36.3 Å². The molecule has 4 rings (SSSR count). The molecule has 2 aliphatic rings. The van der Waals surface area contributed by atoms with Gasteiger partial charge in [0.25, 0.3) is 0 Å². The minimum atomic E-state index is -0.0885. The van der Waals surface area contributed by atoms with Gasteiger partial charge in [0.15, 0.2) is 0 Å². The lowest BCUT2D eigenvalue weighted by molar-refractivity contribution is 0.351. The van der Waals surface area contributed by atoms with Crippen LogP contribution in [0.25, 0.3) is 10.4 Å². The van der Waals surface area contributed by atoms with Gasteiger partial charge in [0.2, 0.25) is 0 Å². The highest BCUT2D eigenvalue weighted by Gasteiger charge is 2.34. The van der Waals surface area contributed by atoms with E-state index in [-0.39, 0.29) is 5.66 Å². The molecule has 1 fully saturated rings. The summed E-state index contributed by atoms with van der Waals surface area (Å²) in [6, 6.07) is 6.34. The van der Waals surface area contributed by atoms with Gasteiger partial charge in [-0.25, -0.2) is 0 Å². The molecule has 0 aliphatic carbocycles. The van der Waals surface area contributed by atoms with Crippen LogP contribution in [-0.2, 0) is 0 Å². The number of thiophene rings is 1. The van der Waals surface area contributed by atoms with Crippen molar-refractivity contribution >= 4 is 23.2 Å². The highest BCUT2D eigenvalue weighted by Crippen LogP contribution is 2.39. The van der Waals surface area contributed by atoms with Crippen molar-refractivity contribution in [2.75, 3.05) is 18.4 Å². The average molecular weight is 284 g/mol. The van der Waals surface area contributed by atoms with Gasteiger partial charge >= 0.3 is 0 Å². The summed E-state index contributed by atoms with van der Waals surface area (Å²) in [5, 5.41) is 7.05. The van der Waals surface area contributed by atoms with Crippen molar-refractivity contribution in [2.24, 2.45) is 4.99 Å². The molecule has 0 saturated carbocycles. The molecule has 2 aromatic heterocycles. The lowest BCUT2D eigenvalue weighted by Crippen LogP contribution is -2.47. The lowest BCUT2D eigenvalue weighted by atomic mass is 9.97. The zero-order valence-electron chi connectivity index (χ0n) is 11.1. The summed E-state index contributed by atoms with van der Waals surface area (Å²) >= 11 is 1.78. The first-order valence-electron chi connectivity index (χ1n) is 6.93. The third kappa shape index (κ3) is 2.03. The molecular weight excluding hydrogens is 268 g/mol. The summed E-state index contributed by atoms with van der Waals surface area (Å²) < 4.78 is 0. The van der Waals surface area contributed by atoms with Crippen molar-refractivity contribution in [1.29, 1.82) is 0 Å². The maximum Gasteiger partial charge on any atom is 0.132 e. The Morgan fingerprint density at radius 1 is 1.15 bits per heavy atom. The van der Waals surface area contributed by atoms with Gasteiger partial charge in [0.05, 0.1) is 10.6 Å². The van der Waals surface area contributed by atoms with Crippen LogP contribution in [0.5, 0.6) is 0 Å². The van der Waals surface area contributed by atoms with E-state index in [1.54, 1.807) is 11.3 Å². The van der Waals surface area contributed by atoms with Crippen LogP contribution in [0.15, 0.2) is 35.6 Å². The van der Waals surface area contributed by atoms with Gasteiger partial charge in [-0.15, -0.1) is 11.3 Å². The van der Waals surface area contributed by atoms with Crippen molar-refractivity contribution in [3.63, 3.8) is 0 Å². The Morgan fingerprint density at radius 3 is 2.75 bits per heavy atom. The van der Waals surface area contributed by atoms with Crippen LogP contribution in [-0.4, -0.2) is 30.0 Å². The smallest absolute Gasteiger partial charge is 0.132 e. The third-order valence-electron chi connectivity index (χ3n) is 3.95. The van der Waals surface area contributed by atoms with Crippen molar-refractivity contribution in [2.45, 2.75) is 18.5 Å². The Bertz CT molecular complexity index is 641. The normalized spacial score (nSPS) is 19.6. The molecule has 4 heterocycles. The van der Waals surface area contributed by atoms with E-state index in [2.05, 4.69) is 33.8 Å². The minimum Gasteiger partial charge on any atom is -0.360 e. The van der Waals surface area contributed by atoms with Crippen LogP contribution in [0, 0.1) is 0 Å². The van der Waals surface area contributed by atoms with Gasteiger partial charge in [-0.05, 0) is 36.9 Å². The van der Waals surface area contributed by atoms with E-state index >= 15 is 0 Å². The standard InChI is InChI=1S/C15H16N4S/c1-5-16-6-2-11(1)13-9-12-14(20-13)10-18-15(19-12)3-7-17-8-4-15/h1-2,5-6,9-10,17,19H,3-4,7-8H2. The Labute approximate surface area is 122 Å². The number of aliphatic imine (C=N–C) groups is 1. The fourth-order valence-electron chi connectivity index (χ4n) is 2.82. The SMILES string of the molecule is C1=NC2(CCNCC2)Nc2cc(-c3ccncc3)sc21. The second-order valence-electron chi connectivity index (χ2n) is 5.29. The number of hydrogen-bond acceptors (Lipinski definition) is 5. The largest absolute Gasteiger partial charge is 0.360 e. The van der Waals surface area contributed by atoms with E-state index < -0.39 is 0 Å². The minimum absolute atomic E-state index is 0.0885. The third-order valence-corrected chi connectivity index (χ3v) is 5.07. The summed E-state index contributed by atoms with van der Waals surface area (Å²) in [4.78, 5) is 11.4. The second-order valence-corrected chi connectivity index (χ2v) is 6.37. The Balaban J connectivity index is 1.67. The molecule has 102 valence electrons. The molecular formula is C15H16N4S. The van der Waals surface area contributed by atoms with Crippen molar-refractivity contribution in [1.82, 2.24) is 10.3 Å². The molecule has 2 aromatic rings. The van der Waals surface area contributed by atoms with Crippen LogP contribution in [0.4, 0.5) is 5.69 Å². The first kappa shape index (κ1) is 12.1. The lowest BCUT2D eigenvalue weighted by Gasteiger charge is -2.37.